The van der Waals surface area contributed by atoms with E-state index in [9.17, 15) is 4.79 Å². The molecule has 0 fully saturated rings. The molecule has 1 aromatic carbocycles. The van der Waals surface area contributed by atoms with Gasteiger partial charge in [-0.15, -0.1) is 0 Å². The van der Waals surface area contributed by atoms with E-state index in [4.69, 9.17) is 4.74 Å². The smallest absolute Gasteiger partial charge is 0.306 e. The number of benzene rings is 1. The van der Waals surface area contributed by atoms with Crippen molar-refractivity contribution in [3.63, 3.8) is 0 Å². The molecule has 0 unspecified atom stereocenters. The van der Waals surface area contributed by atoms with E-state index in [2.05, 4.69) is 11.8 Å². The number of likely N-dealkylation sites (N-methyl/N-ethyl adjacent to an activating group) is 1. The first kappa shape index (κ1) is 14.9. The van der Waals surface area contributed by atoms with Crippen molar-refractivity contribution < 1.29 is 9.53 Å². The van der Waals surface area contributed by atoms with Crippen molar-refractivity contribution in [1.82, 2.24) is 0 Å². The summed E-state index contributed by atoms with van der Waals surface area (Å²) in [6.07, 6.45) is 0.507. The zero-order valence-corrected chi connectivity index (χ0v) is 11.9. The molecule has 0 heterocycles. The standard InChI is InChI=1S/C14H21NO2S/c1-3-18-12-9-14(16)17-11-10-15(2)13-7-5-4-6-8-13/h4-8H,3,9-12H2,1-2H3. The molecular weight excluding hydrogens is 246 g/mol. The first-order chi connectivity index (χ1) is 8.74. The van der Waals surface area contributed by atoms with E-state index < -0.39 is 0 Å². The molecule has 0 amide bonds. The number of ether oxygens (including phenoxy) is 1. The lowest BCUT2D eigenvalue weighted by molar-refractivity contribution is -0.142. The predicted octanol–water partition coefficient (Wildman–Crippen LogP) is 2.81. The molecule has 3 nitrogen and oxygen atoms in total. The lowest BCUT2D eigenvalue weighted by atomic mass is 10.3. The van der Waals surface area contributed by atoms with Crippen LogP contribution in [0.2, 0.25) is 0 Å². The maximum atomic E-state index is 11.4. The van der Waals surface area contributed by atoms with Gasteiger partial charge in [-0.05, 0) is 17.9 Å². The number of rotatable bonds is 8. The van der Waals surface area contributed by atoms with Crippen molar-refractivity contribution in [2.45, 2.75) is 13.3 Å². The summed E-state index contributed by atoms with van der Waals surface area (Å²) >= 11 is 1.76. The number of hydrogen-bond acceptors (Lipinski definition) is 4. The average Bonchev–Trinajstić information content (AvgIpc) is 2.40. The van der Waals surface area contributed by atoms with Crippen molar-refractivity contribution in [1.29, 1.82) is 0 Å². The van der Waals surface area contributed by atoms with Gasteiger partial charge in [-0.3, -0.25) is 4.79 Å². The summed E-state index contributed by atoms with van der Waals surface area (Å²) in [5.74, 6) is 1.80. The molecule has 100 valence electrons. The van der Waals surface area contributed by atoms with Crippen molar-refractivity contribution in [2.24, 2.45) is 0 Å². The van der Waals surface area contributed by atoms with Gasteiger partial charge in [0.15, 0.2) is 0 Å². The van der Waals surface area contributed by atoms with Gasteiger partial charge in [0.2, 0.25) is 0 Å². The fraction of sp³-hybridized carbons (Fsp3) is 0.500. The highest BCUT2D eigenvalue weighted by atomic mass is 32.2. The largest absolute Gasteiger partial charge is 0.464 e. The third-order valence-corrected chi connectivity index (χ3v) is 3.44. The van der Waals surface area contributed by atoms with Crippen molar-refractivity contribution in [3.05, 3.63) is 30.3 Å². The monoisotopic (exact) mass is 267 g/mol. The van der Waals surface area contributed by atoms with Crippen molar-refractivity contribution in [2.75, 3.05) is 36.6 Å². The van der Waals surface area contributed by atoms with Crippen LogP contribution in [-0.4, -0.2) is 37.7 Å². The summed E-state index contributed by atoms with van der Waals surface area (Å²) in [7, 11) is 2.00. The Bertz CT molecular complexity index is 343. The highest BCUT2D eigenvalue weighted by Crippen LogP contribution is 2.10. The normalized spacial score (nSPS) is 10.1. The number of para-hydroxylation sites is 1. The minimum absolute atomic E-state index is 0.0996. The lowest BCUT2D eigenvalue weighted by Crippen LogP contribution is -2.23. The molecule has 0 aromatic heterocycles. The van der Waals surface area contributed by atoms with Gasteiger partial charge in [0, 0.05) is 18.5 Å². The molecule has 4 heteroatoms. The minimum Gasteiger partial charge on any atom is -0.464 e. The number of hydrogen-bond donors (Lipinski definition) is 0. The van der Waals surface area contributed by atoms with Gasteiger partial charge < -0.3 is 9.64 Å². The highest BCUT2D eigenvalue weighted by molar-refractivity contribution is 7.99. The van der Waals surface area contributed by atoms with Crippen LogP contribution < -0.4 is 4.90 Å². The summed E-state index contributed by atoms with van der Waals surface area (Å²) in [6, 6.07) is 10.1. The number of nitrogens with zero attached hydrogens (tertiary/aromatic N) is 1. The van der Waals surface area contributed by atoms with Crippen LogP contribution in [0, 0.1) is 0 Å². The van der Waals surface area contributed by atoms with E-state index in [1.807, 2.05) is 37.4 Å². The first-order valence-corrected chi connectivity index (χ1v) is 7.39. The summed E-state index contributed by atoms with van der Waals surface area (Å²) in [5.41, 5.74) is 1.13. The summed E-state index contributed by atoms with van der Waals surface area (Å²) in [5, 5.41) is 0. The van der Waals surface area contributed by atoms with Gasteiger partial charge >= 0.3 is 5.97 Å². The van der Waals surface area contributed by atoms with Crippen LogP contribution in [0.5, 0.6) is 0 Å². The molecule has 0 aliphatic heterocycles. The zero-order valence-electron chi connectivity index (χ0n) is 11.1. The number of carbonyl (C=O) groups is 1. The Labute approximate surface area is 114 Å². The third kappa shape index (κ3) is 5.96. The molecule has 0 saturated heterocycles. The van der Waals surface area contributed by atoms with Crippen LogP contribution in [0.3, 0.4) is 0 Å². The second-order valence-electron chi connectivity index (χ2n) is 3.92. The Balaban J connectivity index is 2.16. The molecule has 1 aromatic rings. The molecule has 0 spiro atoms. The summed E-state index contributed by atoms with van der Waals surface area (Å²) in [4.78, 5) is 13.5. The van der Waals surface area contributed by atoms with Gasteiger partial charge in [-0.1, -0.05) is 25.1 Å². The maximum absolute atomic E-state index is 11.4. The van der Waals surface area contributed by atoms with Gasteiger partial charge in [-0.2, -0.15) is 11.8 Å². The Morgan fingerprint density at radius 2 is 2.06 bits per heavy atom. The van der Waals surface area contributed by atoms with Gasteiger partial charge in [0.1, 0.15) is 6.61 Å². The van der Waals surface area contributed by atoms with Gasteiger partial charge in [0.05, 0.1) is 13.0 Å². The SMILES string of the molecule is CCSCCC(=O)OCCN(C)c1ccccc1. The van der Waals surface area contributed by atoms with Crippen LogP contribution >= 0.6 is 11.8 Å². The maximum Gasteiger partial charge on any atom is 0.306 e. The van der Waals surface area contributed by atoms with Crippen LogP contribution in [-0.2, 0) is 9.53 Å². The van der Waals surface area contributed by atoms with Crippen LogP contribution in [0.4, 0.5) is 5.69 Å². The second-order valence-corrected chi connectivity index (χ2v) is 5.32. The molecule has 0 bridgehead atoms. The van der Waals surface area contributed by atoms with E-state index in [0.717, 1.165) is 23.7 Å². The van der Waals surface area contributed by atoms with Crippen LogP contribution in [0.1, 0.15) is 13.3 Å². The molecule has 0 aliphatic rings. The topological polar surface area (TPSA) is 29.5 Å². The van der Waals surface area contributed by atoms with E-state index in [1.54, 1.807) is 11.8 Å². The molecule has 0 saturated carbocycles. The quantitative estimate of drug-likeness (QED) is 0.535. The van der Waals surface area contributed by atoms with Crippen LogP contribution in [0.25, 0.3) is 0 Å². The van der Waals surface area contributed by atoms with Crippen molar-refractivity contribution >= 4 is 23.4 Å². The van der Waals surface area contributed by atoms with E-state index in [0.29, 0.717) is 13.0 Å². The number of esters is 1. The van der Waals surface area contributed by atoms with E-state index in [-0.39, 0.29) is 5.97 Å². The van der Waals surface area contributed by atoms with E-state index >= 15 is 0 Å². The summed E-state index contributed by atoms with van der Waals surface area (Å²) in [6.45, 7) is 3.25. The Morgan fingerprint density at radius 1 is 1.33 bits per heavy atom. The zero-order chi connectivity index (χ0) is 13.2. The number of anilines is 1. The minimum atomic E-state index is -0.0996. The second kappa shape index (κ2) is 8.86. The van der Waals surface area contributed by atoms with Gasteiger partial charge in [-0.25, -0.2) is 0 Å². The summed E-state index contributed by atoms with van der Waals surface area (Å²) < 4.78 is 5.19. The molecular formula is C14H21NO2S. The molecule has 0 aliphatic carbocycles. The van der Waals surface area contributed by atoms with Crippen molar-refractivity contribution in [3.8, 4) is 0 Å². The highest BCUT2D eigenvalue weighted by Gasteiger charge is 2.04. The Morgan fingerprint density at radius 3 is 2.72 bits per heavy atom. The number of carbonyl (C=O) groups excluding carboxylic acids is 1. The number of thioether (sulfide) groups is 1. The van der Waals surface area contributed by atoms with Gasteiger partial charge in [0.25, 0.3) is 0 Å². The fourth-order valence-electron chi connectivity index (χ4n) is 1.48. The Hall–Kier alpha value is -1.16. The first-order valence-electron chi connectivity index (χ1n) is 6.23. The van der Waals surface area contributed by atoms with Crippen LogP contribution in [0.15, 0.2) is 30.3 Å². The molecule has 1 rings (SSSR count). The lowest BCUT2D eigenvalue weighted by Gasteiger charge is -2.18. The fourth-order valence-corrected chi connectivity index (χ4v) is 2.08. The average molecular weight is 267 g/mol. The Kier molecular flexibility index (Phi) is 7.34. The predicted molar refractivity (Wildman–Crippen MR) is 78.3 cm³/mol. The molecule has 0 atom stereocenters. The molecule has 0 radical (unpaired) electrons. The molecule has 18 heavy (non-hydrogen) atoms. The van der Waals surface area contributed by atoms with E-state index in [1.165, 1.54) is 0 Å². The third-order valence-electron chi connectivity index (χ3n) is 2.54. The molecule has 0 N–H and O–H groups in total.